The van der Waals surface area contributed by atoms with Gasteiger partial charge in [-0.25, -0.2) is 4.79 Å². The molecule has 1 heterocycles. The molecule has 0 radical (unpaired) electrons. The van der Waals surface area contributed by atoms with Gasteiger partial charge in [0, 0.05) is 10.9 Å². The molecule has 0 amide bonds. The van der Waals surface area contributed by atoms with Crippen molar-refractivity contribution in [2.75, 3.05) is 0 Å². The van der Waals surface area contributed by atoms with E-state index in [2.05, 4.69) is 17.6 Å². The third kappa shape index (κ3) is 1.50. The molecule has 1 fully saturated rings. The van der Waals surface area contributed by atoms with Gasteiger partial charge in [0.05, 0.1) is 10.6 Å². The van der Waals surface area contributed by atoms with E-state index in [4.69, 9.17) is 5.11 Å². The van der Waals surface area contributed by atoms with Gasteiger partial charge >= 0.3 is 5.97 Å². The average molecular weight is 233 g/mol. The first kappa shape index (κ1) is 9.78. The van der Waals surface area contributed by atoms with Gasteiger partial charge < -0.3 is 10.1 Å². The predicted molar refractivity (Wildman–Crippen MR) is 64.5 cm³/mol. The number of nitrogens with one attached hydrogen (secondary N) is 1. The topological polar surface area (TPSA) is 53.1 Å². The van der Waals surface area contributed by atoms with E-state index in [9.17, 15) is 4.79 Å². The highest BCUT2D eigenvalue weighted by Crippen LogP contribution is 2.43. The van der Waals surface area contributed by atoms with Gasteiger partial charge in [-0.05, 0) is 42.5 Å². The zero-order chi connectivity index (χ0) is 11.3. The summed E-state index contributed by atoms with van der Waals surface area (Å²) in [7, 11) is 0. The number of hydrogen-bond donors (Lipinski definition) is 3. The first-order valence-corrected chi connectivity index (χ1v) is 5.69. The summed E-state index contributed by atoms with van der Waals surface area (Å²) in [5.41, 5.74) is 2.36. The number of aromatic carboxylic acids is 1. The van der Waals surface area contributed by atoms with Crippen molar-refractivity contribution in [1.82, 2.24) is 4.98 Å². The fourth-order valence-corrected chi connectivity index (χ4v) is 2.36. The van der Waals surface area contributed by atoms with Crippen molar-refractivity contribution in [2.24, 2.45) is 0 Å². The van der Waals surface area contributed by atoms with Crippen molar-refractivity contribution in [3.8, 4) is 0 Å². The molecule has 0 bridgehead atoms. The van der Waals surface area contributed by atoms with Crippen LogP contribution in [0.1, 0.15) is 34.7 Å². The normalized spacial score (nSPS) is 15.6. The quantitative estimate of drug-likeness (QED) is 0.698. The zero-order valence-corrected chi connectivity index (χ0v) is 9.42. The van der Waals surface area contributed by atoms with Crippen LogP contribution >= 0.6 is 12.6 Å². The van der Waals surface area contributed by atoms with E-state index in [1.807, 2.05) is 6.07 Å². The Morgan fingerprint density at radius 2 is 2.12 bits per heavy atom. The molecule has 0 saturated heterocycles. The Hall–Kier alpha value is -1.42. The molecule has 4 heteroatoms. The van der Waals surface area contributed by atoms with E-state index in [1.165, 1.54) is 0 Å². The number of H-pyrrole nitrogens is 1. The van der Waals surface area contributed by atoms with E-state index >= 15 is 0 Å². The van der Waals surface area contributed by atoms with E-state index < -0.39 is 5.97 Å². The summed E-state index contributed by atoms with van der Waals surface area (Å²) in [6, 6.07) is 5.43. The summed E-state index contributed by atoms with van der Waals surface area (Å²) in [6.45, 7) is 0. The molecule has 3 rings (SSSR count). The third-order valence-electron chi connectivity index (χ3n) is 3.02. The lowest BCUT2D eigenvalue weighted by Crippen LogP contribution is -1.97. The summed E-state index contributed by atoms with van der Waals surface area (Å²) in [6.07, 6.45) is 2.32. The molecule has 1 aromatic heterocycles. The van der Waals surface area contributed by atoms with Gasteiger partial charge in [0.1, 0.15) is 0 Å². The minimum Gasteiger partial charge on any atom is -0.478 e. The van der Waals surface area contributed by atoms with Gasteiger partial charge in [-0.2, -0.15) is 0 Å². The molecule has 1 aromatic carbocycles. The van der Waals surface area contributed by atoms with Crippen molar-refractivity contribution in [2.45, 2.75) is 23.8 Å². The maximum atomic E-state index is 11.0. The number of rotatable bonds is 2. The lowest BCUT2D eigenvalue weighted by Gasteiger charge is -2.03. The van der Waals surface area contributed by atoms with Crippen LogP contribution in [-0.2, 0) is 0 Å². The Morgan fingerprint density at radius 3 is 2.75 bits per heavy atom. The number of benzene rings is 1. The molecule has 0 spiro atoms. The second kappa shape index (κ2) is 3.28. The molecule has 82 valence electrons. The van der Waals surface area contributed by atoms with Crippen molar-refractivity contribution < 1.29 is 9.90 Å². The number of aromatic nitrogens is 1. The number of carbonyl (C=O) groups is 1. The molecular formula is C12H11NO2S. The standard InChI is InChI=1S/C12H11NO2S/c14-12(15)7-3-8(6-1-2-6)9-5-11(16)13-10(9)4-7/h3-6,13,16H,1-2H2,(H,14,15). The van der Waals surface area contributed by atoms with Gasteiger partial charge in [-0.15, -0.1) is 12.6 Å². The number of thiol groups is 1. The van der Waals surface area contributed by atoms with E-state index in [0.717, 1.165) is 34.3 Å². The van der Waals surface area contributed by atoms with Crippen LogP contribution in [0.4, 0.5) is 0 Å². The van der Waals surface area contributed by atoms with Gasteiger partial charge in [0.25, 0.3) is 0 Å². The molecule has 3 nitrogen and oxygen atoms in total. The molecule has 2 N–H and O–H groups in total. The molecule has 1 saturated carbocycles. The fraction of sp³-hybridized carbons (Fsp3) is 0.250. The first-order chi connectivity index (χ1) is 7.65. The SMILES string of the molecule is O=C(O)c1cc(C2CC2)c2cc(S)[nH]c2c1. The zero-order valence-electron chi connectivity index (χ0n) is 8.53. The number of hydrogen-bond acceptors (Lipinski definition) is 2. The fourth-order valence-electron chi connectivity index (χ4n) is 2.11. The lowest BCUT2D eigenvalue weighted by molar-refractivity contribution is 0.0697. The smallest absolute Gasteiger partial charge is 0.335 e. The van der Waals surface area contributed by atoms with Gasteiger partial charge in [-0.1, -0.05) is 0 Å². The molecular weight excluding hydrogens is 222 g/mol. The van der Waals surface area contributed by atoms with Crippen LogP contribution in [-0.4, -0.2) is 16.1 Å². The number of carboxylic acids is 1. The third-order valence-corrected chi connectivity index (χ3v) is 3.26. The second-order valence-electron chi connectivity index (χ2n) is 4.26. The highest BCUT2D eigenvalue weighted by atomic mass is 32.1. The van der Waals surface area contributed by atoms with Gasteiger partial charge in [-0.3, -0.25) is 0 Å². The Labute approximate surface area is 97.9 Å². The van der Waals surface area contributed by atoms with Crippen molar-refractivity contribution in [1.29, 1.82) is 0 Å². The maximum absolute atomic E-state index is 11.0. The lowest BCUT2D eigenvalue weighted by atomic mass is 10.0. The van der Waals surface area contributed by atoms with E-state index in [0.29, 0.717) is 11.5 Å². The Morgan fingerprint density at radius 1 is 1.38 bits per heavy atom. The molecule has 1 aliphatic carbocycles. The second-order valence-corrected chi connectivity index (χ2v) is 4.74. The Balaban J connectivity index is 2.29. The van der Waals surface area contributed by atoms with Crippen LogP contribution in [0.5, 0.6) is 0 Å². The molecule has 16 heavy (non-hydrogen) atoms. The van der Waals surface area contributed by atoms with Crippen LogP contribution in [0.25, 0.3) is 10.9 Å². The van der Waals surface area contributed by atoms with Gasteiger partial charge in [0.15, 0.2) is 0 Å². The monoisotopic (exact) mass is 233 g/mol. The minimum absolute atomic E-state index is 0.351. The first-order valence-electron chi connectivity index (χ1n) is 5.24. The molecule has 2 aromatic rings. The highest BCUT2D eigenvalue weighted by molar-refractivity contribution is 7.80. The number of aromatic amines is 1. The summed E-state index contributed by atoms with van der Waals surface area (Å²) in [4.78, 5) is 14.1. The average Bonchev–Trinajstić information content (AvgIpc) is 2.98. The van der Waals surface area contributed by atoms with Crippen LogP contribution < -0.4 is 0 Å². The van der Waals surface area contributed by atoms with Crippen LogP contribution in [0.15, 0.2) is 23.2 Å². The molecule has 1 aliphatic rings. The van der Waals surface area contributed by atoms with Crippen molar-refractivity contribution in [3.05, 3.63) is 29.3 Å². The Kier molecular flexibility index (Phi) is 2.01. The van der Waals surface area contributed by atoms with Crippen LogP contribution in [0, 0.1) is 0 Å². The summed E-state index contributed by atoms with van der Waals surface area (Å²) in [5, 5.41) is 10.9. The van der Waals surface area contributed by atoms with Crippen LogP contribution in [0.2, 0.25) is 0 Å². The molecule has 0 atom stereocenters. The van der Waals surface area contributed by atoms with Crippen molar-refractivity contribution >= 4 is 29.5 Å². The number of fused-ring (bicyclic) bond motifs is 1. The largest absolute Gasteiger partial charge is 0.478 e. The minimum atomic E-state index is -0.876. The van der Waals surface area contributed by atoms with Crippen LogP contribution in [0.3, 0.4) is 0 Å². The van der Waals surface area contributed by atoms with E-state index in [1.54, 1.807) is 12.1 Å². The van der Waals surface area contributed by atoms with Crippen molar-refractivity contribution in [3.63, 3.8) is 0 Å². The molecule has 0 unspecified atom stereocenters. The highest BCUT2D eigenvalue weighted by Gasteiger charge is 2.27. The summed E-state index contributed by atoms with van der Waals surface area (Å²) in [5.74, 6) is -0.343. The predicted octanol–water partition coefficient (Wildman–Crippen LogP) is 3.03. The Bertz CT molecular complexity index is 584. The van der Waals surface area contributed by atoms with Gasteiger partial charge in [0.2, 0.25) is 0 Å². The molecule has 0 aliphatic heterocycles. The maximum Gasteiger partial charge on any atom is 0.335 e. The number of carboxylic acid groups (broad SMARTS) is 1. The summed E-state index contributed by atoms with van der Waals surface area (Å²) < 4.78 is 0. The summed E-state index contributed by atoms with van der Waals surface area (Å²) >= 11 is 4.26. The van der Waals surface area contributed by atoms with E-state index in [-0.39, 0.29) is 0 Å².